The van der Waals surface area contributed by atoms with E-state index in [0.717, 1.165) is 11.0 Å². The van der Waals surface area contributed by atoms with E-state index in [9.17, 15) is 14.9 Å². The lowest BCUT2D eigenvalue weighted by Crippen LogP contribution is -2.23. The Hall–Kier alpha value is -2.84. The van der Waals surface area contributed by atoms with Gasteiger partial charge in [0.1, 0.15) is 0 Å². The molecule has 1 heterocycles. The number of nitrogens with zero attached hydrogens (tertiary/aromatic N) is 3. The summed E-state index contributed by atoms with van der Waals surface area (Å²) in [6.07, 6.45) is 1.77. The van der Waals surface area contributed by atoms with Crippen molar-refractivity contribution in [3.63, 3.8) is 0 Å². The van der Waals surface area contributed by atoms with Gasteiger partial charge in [-0.15, -0.1) is 6.58 Å². The van der Waals surface area contributed by atoms with Crippen molar-refractivity contribution in [1.29, 1.82) is 0 Å². The summed E-state index contributed by atoms with van der Waals surface area (Å²) in [5, 5.41) is 14.0. The van der Waals surface area contributed by atoms with E-state index in [1.807, 2.05) is 28.8 Å². The van der Waals surface area contributed by atoms with Gasteiger partial charge in [0.2, 0.25) is 5.91 Å². The fraction of sp³-hybridized carbons (Fsp3) is 0.158. The minimum atomic E-state index is -0.540. The molecule has 9 heteroatoms. The van der Waals surface area contributed by atoms with E-state index in [4.69, 9.17) is 11.6 Å². The Kier molecular flexibility index (Phi) is 6.01. The second-order valence-corrected chi connectivity index (χ2v) is 7.67. The number of non-ortho nitro benzene ring substituents is 1. The average molecular weight is 417 g/mol. The van der Waals surface area contributed by atoms with Crippen LogP contribution in [0.15, 0.2) is 60.3 Å². The minimum Gasteiger partial charge on any atom is -0.324 e. The number of thioether (sulfide) groups is 1. The maximum Gasteiger partial charge on any atom is 0.271 e. The molecule has 7 nitrogen and oxygen atoms in total. The molecule has 0 saturated heterocycles. The Morgan fingerprint density at radius 3 is 2.89 bits per heavy atom. The smallest absolute Gasteiger partial charge is 0.271 e. The van der Waals surface area contributed by atoms with Gasteiger partial charge in [-0.05, 0) is 25.1 Å². The summed E-state index contributed by atoms with van der Waals surface area (Å²) in [5.41, 5.74) is 1.85. The average Bonchev–Trinajstić information content (AvgIpc) is 3.01. The second kappa shape index (κ2) is 8.45. The number of amides is 1. The van der Waals surface area contributed by atoms with Gasteiger partial charge in [0.15, 0.2) is 5.16 Å². The van der Waals surface area contributed by atoms with Gasteiger partial charge in [0.05, 0.1) is 31.9 Å². The molecule has 0 bridgehead atoms. The van der Waals surface area contributed by atoms with Gasteiger partial charge in [0, 0.05) is 18.7 Å². The van der Waals surface area contributed by atoms with Crippen LogP contribution in [0.25, 0.3) is 11.0 Å². The van der Waals surface area contributed by atoms with Crippen molar-refractivity contribution in [1.82, 2.24) is 9.55 Å². The van der Waals surface area contributed by atoms with Crippen molar-refractivity contribution in [2.24, 2.45) is 0 Å². The molecular weight excluding hydrogens is 400 g/mol. The van der Waals surface area contributed by atoms with Gasteiger partial charge >= 0.3 is 0 Å². The van der Waals surface area contributed by atoms with Crippen molar-refractivity contribution < 1.29 is 9.72 Å². The predicted octanol–water partition coefficient (Wildman–Crippen LogP) is 4.90. The van der Waals surface area contributed by atoms with Crippen molar-refractivity contribution in [3.05, 3.63) is 70.3 Å². The number of carbonyl (C=O) groups excluding carboxylic acids is 1. The van der Waals surface area contributed by atoms with Crippen LogP contribution in [0.2, 0.25) is 5.02 Å². The summed E-state index contributed by atoms with van der Waals surface area (Å²) < 4.78 is 1.98. The maximum atomic E-state index is 12.6. The first-order valence-corrected chi connectivity index (χ1v) is 9.64. The number of carbonyl (C=O) groups is 1. The number of nitro benzene ring substituents is 1. The monoisotopic (exact) mass is 416 g/mol. The fourth-order valence-corrected chi connectivity index (χ4v) is 3.72. The number of nitrogens with one attached hydrogen (secondary N) is 1. The summed E-state index contributed by atoms with van der Waals surface area (Å²) in [7, 11) is 0. The molecule has 1 atom stereocenters. The van der Waals surface area contributed by atoms with Crippen molar-refractivity contribution in [3.8, 4) is 0 Å². The highest BCUT2D eigenvalue weighted by Crippen LogP contribution is 2.30. The van der Waals surface area contributed by atoms with Crippen LogP contribution in [0.1, 0.15) is 6.92 Å². The van der Waals surface area contributed by atoms with Gasteiger partial charge in [0.25, 0.3) is 5.69 Å². The lowest BCUT2D eigenvalue weighted by molar-refractivity contribution is -0.384. The van der Waals surface area contributed by atoms with Crippen LogP contribution in [0.4, 0.5) is 11.4 Å². The molecule has 3 rings (SSSR count). The van der Waals surface area contributed by atoms with Crippen LogP contribution < -0.4 is 5.32 Å². The molecule has 1 aromatic heterocycles. The van der Waals surface area contributed by atoms with Gasteiger partial charge in [-0.25, -0.2) is 4.98 Å². The first-order chi connectivity index (χ1) is 13.4. The number of hydrogen-bond donors (Lipinski definition) is 1. The molecule has 2 aromatic carbocycles. The SMILES string of the molecule is C=CCn1c(S[C@@H](C)C(=O)Nc2cc([N+](=O)[O-])ccc2Cl)nc2ccccc21. The first-order valence-electron chi connectivity index (χ1n) is 8.38. The Balaban J connectivity index is 1.81. The van der Waals surface area contributed by atoms with Crippen LogP contribution in [-0.4, -0.2) is 25.6 Å². The Bertz CT molecular complexity index is 1070. The van der Waals surface area contributed by atoms with Crippen LogP contribution >= 0.6 is 23.4 Å². The van der Waals surface area contributed by atoms with Crippen LogP contribution in [0, 0.1) is 10.1 Å². The van der Waals surface area contributed by atoms with Gasteiger partial charge in [-0.2, -0.15) is 0 Å². The molecular formula is C19H17ClN4O3S. The molecule has 0 aliphatic heterocycles. The molecule has 1 amide bonds. The third kappa shape index (κ3) is 4.18. The summed E-state index contributed by atoms with van der Waals surface area (Å²) in [5.74, 6) is -0.329. The second-order valence-electron chi connectivity index (χ2n) is 5.95. The lowest BCUT2D eigenvalue weighted by Gasteiger charge is -2.13. The van der Waals surface area contributed by atoms with Gasteiger partial charge < -0.3 is 9.88 Å². The highest BCUT2D eigenvalue weighted by atomic mass is 35.5. The number of fused-ring (bicyclic) bond motifs is 1. The summed E-state index contributed by atoms with van der Waals surface area (Å²) in [6.45, 7) is 6.08. The highest BCUT2D eigenvalue weighted by molar-refractivity contribution is 8.00. The number of imidazole rings is 1. The van der Waals surface area contributed by atoms with E-state index in [1.54, 1.807) is 13.0 Å². The normalized spacial score (nSPS) is 11.9. The largest absolute Gasteiger partial charge is 0.324 e. The number of hydrogen-bond acceptors (Lipinski definition) is 5. The van der Waals surface area contributed by atoms with E-state index in [1.165, 1.54) is 30.0 Å². The molecule has 0 radical (unpaired) electrons. The number of anilines is 1. The zero-order valence-electron chi connectivity index (χ0n) is 15.0. The molecule has 144 valence electrons. The number of rotatable bonds is 7. The third-order valence-electron chi connectivity index (χ3n) is 4.00. The molecule has 3 aromatic rings. The highest BCUT2D eigenvalue weighted by Gasteiger charge is 2.21. The zero-order valence-corrected chi connectivity index (χ0v) is 16.5. The van der Waals surface area contributed by atoms with Crippen molar-refractivity contribution in [2.45, 2.75) is 23.9 Å². The quantitative estimate of drug-likeness (QED) is 0.256. The zero-order chi connectivity index (χ0) is 20.3. The van der Waals surface area contributed by atoms with E-state index in [-0.39, 0.29) is 22.3 Å². The Morgan fingerprint density at radius 2 is 2.18 bits per heavy atom. The third-order valence-corrected chi connectivity index (χ3v) is 5.42. The topological polar surface area (TPSA) is 90.1 Å². The number of nitro groups is 1. The number of allylic oxidation sites excluding steroid dienone is 1. The molecule has 0 fully saturated rings. The molecule has 0 aliphatic rings. The molecule has 0 aliphatic carbocycles. The molecule has 0 spiro atoms. The van der Waals surface area contributed by atoms with Crippen LogP contribution in [-0.2, 0) is 11.3 Å². The number of para-hydroxylation sites is 2. The number of benzene rings is 2. The number of aromatic nitrogens is 2. The first kappa shape index (κ1) is 19.9. The maximum absolute atomic E-state index is 12.6. The van der Waals surface area contributed by atoms with Crippen LogP contribution in [0.5, 0.6) is 0 Å². The standard InChI is InChI=1S/C19H17ClN4O3S/c1-3-10-23-17-7-5-4-6-15(17)22-19(23)28-12(2)18(25)21-16-11-13(24(26)27)8-9-14(16)20/h3-9,11-12H,1,10H2,2H3,(H,21,25)/t12-/m0/s1. The van der Waals surface area contributed by atoms with E-state index in [2.05, 4.69) is 16.9 Å². The van der Waals surface area contributed by atoms with E-state index in [0.29, 0.717) is 11.7 Å². The summed E-state index contributed by atoms with van der Waals surface area (Å²) >= 11 is 7.35. The Morgan fingerprint density at radius 1 is 1.43 bits per heavy atom. The summed E-state index contributed by atoms with van der Waals surface area (Å²) in [6, 6.07) is 11.6. The van der Waals surface area contributed by atoms with E-state index >= 15 is 0 Å². The van der Waals surface area contributed by atoms with E-state index < -0.39 is 10.2 Å². The number of halogens is 1. The molecule has 0 saturated carbocycles. The molecule has 0 unspecified atom stereocenters. The van der Waals surface area contributed by atoms with Gasteiger partial charge in [-0.3, -0.25) is 14.9 Å². The molecule has 1 N–H and O–H groups in total. The van der Waals surface area contributed by atoms with Crippen molar-refractivity contribution >= 4 is 51.7 Å². The lowest BCUT2D eigenvalue weighted by atomic mass is 10.2. The van der Waals surface area contributed by atoms with Crippen LogP contribution in [0.3, 0.4) is 0 Å². The Labute approximate surface area is 170 Å². The molecule has 28 heavy (non-hydrogen) atoms. The minimum absolute atomic E-state index is 0.146. The predicted molar refractivity (Wildman–Crippen MR) is 112 cm³/mol. The summed E-state index contributed by atoms with van der Waals surface area (Å²) in [4.78, 5) is 27.6. The van der Waals surface area contributed by atoms with Crippen molar-refractivity contribution in [2.75, 3.05) is 5.32 Å². The van der Waals surface area contributed by atoms with Gasteiger partial charge in [-0.1, -0.05) is 41.6 Å². The fourth-order valence-electron chi connectivity index (χ4n) is 2.62.